The molecule has 2 aliphatic heterocycles. The highest BCUT2D eigenvalue weighted by atomic mass is 35.5. The van der Waals surface area contributed by atoms with Gasteiger partial charge in [-0.25, -0.2) is 0 Å². The first-order chi connectivity index (χ1) is 16.0. The van der Waals surface area contributed by atoms with Gasteiger partial charge in [-0.15, -0.1) is 11.8 Å². The molecule has 2 heterocycles. The minimum absolute atomic E-state index is 0.0225. The molecule has 0 aromatic heterocycles. The SMILES string of the molecule is CN1CCN(CCCNC(=O)CN2C(=O)/C(=C\c3ccc(Cl)cc3)SC3CCCCC32)CC1. The molecule has 2 saturated heterocycles. The molecule has 1 N–H and O–H groups in total. The predicted octanol–water partition coefficient (Wildman–Crippen LogP) is 3.32. The fraction of sp³-hybridized carbons (Fsp3) is 0.600. The zero-order valence-electron chi connectivity index (χ0n) is 19.5. The van der Waals surface area contributed by atoms with E-state index >= 15 is 0 Å². The van der Waals surface area contributed by atoms with E-state index < -0.39 is 0 Å². The van der Waals surface area contributed by atoms with Gasteiger partial charge in [0.2, 0.25) is 5.91 Å². The number of hydrogen-bond donors (Lipinski definition) is 1. The fourth-order valence-electron chi connectivity index (χ4n) is 4.88. The maximum absolute atomic E-state index is 13.4. The first kappa shape index (κ1) is 24.6. The van der Waals surface area contributed by atoms with Crippen molar-refractivity contribution in [3.63, 3.8) is 0 Å². The molecule has 1 aromatic carbocycles. The van der Waals surface area contributed by atoms with Crippen LogP contribution in [0.4, 0.5) is 0 Å². The second-order valence-electron chi connectivity index (χ2n) is 9.35. The van der Waals surface area contributed by atoms with Crippen LogP contribution in [0.25, 0.3) is 6.08 Å². The molecule has 3 aliphatic rings. The number of carbonyl (C=O) groups excluding carboxylic acids is 2. The number of fused-ring (bicyclic) bond motifs is 1. The molecule has 2 unspecified atom stereocenters. The predicted molar refractivity (Wildman–Crippen MR) is 136 cm³/mol. The van der Waals surface area contributed by atoms with E-state index in [1.165, 1.54) is 6.42 Å². The molecule has 1 saturated carbocycles. The number of carbonyl (C=O) groups is 2. The first-order valence-electron chi connectivity index (χ1n) is 12.1. The summed E-state index contributed by atoms with van der Waals surface area (Å²) in [7, 11) is 2.16. The van der Waals surface area contributed by atoms with Crippen molar-refractivity contribution in [2.75, 3.05) is 52.9 Å². The second-order valence-corrected chi connectivity index (χ2v) is 11.1. The van der Waals surface area contributed by atoms with E-state index in [0.717, 1.165) is 68.9 Å². The van der Waals surface area contributed by atoms with Crippen molar-refractivity contribution in [3.8, 4) is 0 Å². The first-order valence-corrected chi connectivity index (χ1v) is 13.4. The molecule has 1 aliphatic carbocycles. The van der Waals surface area contributed by atoms with Crippen LogP contribution in [0.5, 0.6) is 0 Å². The Morgan fingerprint density at radius 3 is 2.64 bits per heavy atom. The van der Waals surface area contributed by atoms with Crippen LogP contribution in [-0.4, -0.2) is 90.7 Å². The van der Waals surface area contributed by atoms with Crippen molar-refractivity contribution in [2.45, 2.75) is 43.4 Å². The molecular weight excluding hydrogens is 456 g/mol. The van der Waals surface area contributed by atoms with E-state index in [1.807, 2.05) is 35.2 Å². The molecule has 1 aromatic rings. The van der Waals surface area contributed by atoms with Crippen molar-refractivity contribution < 1.29 is 9.59 Å². The van der Waals surface area contributed by atoms with Crippen molar-refractivity contribution in [1.82, 2.24) is 20.0 Å². The third-order valence-corrected chi connectivity index (χ3v) is 8.52. The number of rotatable bonds is 7. The summed E-state index contributed by atoms with van der Waals surface area (Å²) in [4.78, 5) is 33.5. The lowest BCUT2D eigenvalue weighted by Crippen LogP contribution is -2.54. The Labute approximate surface area is 206 Å². The Morgan fingerprint density at radius 2 is 1.88 bits per heavy atom. The van der Waals surface area contributed by atoms with E-state index in [-0.39, 0.29) is 24.4 Å². The topological polar surface area (TPSA) is 55.9 Å². The van der Waals surface area contributed by atoms with Crippen molar-refractivity contribution >= 4 is 41.3 Å². The minimum Gasteiger partial charge on any atom is -0.355 e. The summed E-state index contributed by atoms with van der Waals surface area (Å²) in [6, 6.07) is 7.67. The van der Waals surface area contributed by atoms with Gasteiger partial charge in [0.25, 0.3) is 5.91 Å². The average Bonchev–Trinajstić information content (AvgIpc) is 2.82. The number of thioether (sulfide) groups is 1. The van der Waals surface area contributed by atoms with E-state index in [2.05, 4.69) is 22.2 Å². The molecule has 33 heavy (non-hydrogen) atoms. The summed E-state index contributed by atoms with van der Waals surface area (Å²) < 4.78 is 0. The maximum atomic E-state index is 13.4. The molecule has 2 atom stereocenters. The normalized spacial score (nSPS) is 25.8. The number of halogens is 1. The molecule has 2 amide bonds. The molecule has 0 spiro atoms. The summed E-state index contributed by atoms with van der Waals surface area (Å²) in [6.45, 7) is 6.21. The van der Waals surface area contributed by atoms with Crippen LogP contribution in [-0.2, 0) is 9.59 Å². The van der Waals surface area contributed by atoms with Gasteiger partial charge >= 0.3 is 0 Å². The highest BCUT2D eigenvalue weighted by Crippen LogP contribution is 2.42. The Kier molecular flexibility index (Phi) is 8.74. The number of nitrogens with one attached hydrogen (secondary N) is 1. The Balaban J connectivity index is 1.33. The van der Waals surface area contributed by atoms with E-state index in [4.69, 9.17) is 11.6 Å². The van der Waals surface area contributed by atoms with Crippen molar-refractivity contribution in [3.05, 3.63) is 39.8 Å². The van der Waals surface area contributed by atoms with Crippen LogP contribution >= 0.6 is 23.4 Å². The highest BCUT2D eigenvalue weighted by molar-refractivity contribution is 8.04. The Morgan fingerprint density at radius 1 is 1.15 bits per heavy atom. The monoisotopic (exact) mass is 490 g/mol. The highest BCUT2D eigenvalue weighted by Gasteiger charge is 2.41. The Bertz CT molecular complexity index is 854. The van der Waals surface area contributed by atoms with Gasteiger partial charge in [0.1, 0.15) is 6.54 Å². The van der Waals surface area contributed by atoms with Crippen molar-refractivity contribution in [1.29, 1.82) is 0 Å². The summed E-state index contributed by atoms with van der Waals surface area (Å²) >= 11 is 7.69. The largest absolute Gasteiger partial charge is 0.355 e. The number of nitrogens with zero attached hydrogens (tertiary/aromatic N) is 3. The van der Waals surface area contributed by atoms with Crippen LogP contribution in [0, 0.1) is 0 Å². The third kappa shape index (κ3) is 6.75. The van der Waals surface area contributed by atoms with Crippen LogP contribution in [0.1, 0.15) is 37.7 Å². The summed E-state index contributed by atoms with van der Waals surface area (Å²) in [5.41, 5.74) is 0.956. The standard InChI is InChI=1S/C25H35ClN4O2S/c1-28-13-15-29(16-14-28)12-4-11-27-24(31)18-30-21-5-2-3-6-22(21)33-23(25(30)32)17-19-7-9-20(26)10-8-19/h7-10,17,21-22H,2-6,11-16,18H2,1H3,(H,27,31)/b23-17+. The quantitative estimate of drug-likeness (QED) is 0.469. The van der Waals surface area contributed by atoms with Crippen molar-refractivity contribution in [2.24, 2.45) is 0 Å². The lowest BCUT2D eigenvalue weighted by Gasteiger charge is -2.43. The lowest BCUT2D eigenvalue weighted by atomic mass is 9.93. The molecule has 0 radical (unpaired) electrons. The van der Waals surface area contributed by atoms with Gasteiger partial charge in [-0.05, 0) is 56.6 Å². The van der Waals surface area contributed by atoms with Crippen LogP contribution in [0.3, 0.4) is 0 Å². The van der Waals surface area contributed by atoms with E-state index in [1.54, 1.807) is 11.8 Å². The Hall–Kier alpha value is -1.54. The van der Waals surface area contributed by atoms with Gasteiger partial charge in [0, 0.05) is 49.0 Å². The molecule has 8 heteroatoms. The second kappa shape index (κ2) is 11.7. The molecule has 3 fully saturated rings. The van der Waals surface area contributed by atoms with Gasteiger partial charge in [0.15, 0.2) is 0 Å². The van der Waals surface area contributed by atoms with Gasteiger partial charge < -0.3 is 20.0 Å². The molecule has 180 valence electrons. The van der Waals surface area contributed by atoms with Crippen LogP contribution in [0.2, 0.25) is 5.02 Å². The van der Waals surface area contributed by atoms with Gasteiger partial charge in [-0.3, -0.25) is 9.59 Å². The minimum atomic E-state index is -0.0520. The van der Waals surface area contributed by atoms with E-state index in [0.29, 0.717) is 16.8 Å². The average molecular weight is 491 g/mol. The zero-order chi connectivity index (χ0) is 23.2. The van der Waals surface area contributed by atoms with Crippen LogP contribution in [0.15, 0.2) is 29.2 Å². The molecule has 0 bridgehead atoms. The smallest absolute Gasteiger partial charge is 0.261 e. The molecule has 4 rings (SSSR count). The number of amides is 2. The van der Waals surface area contributed by atoms with Gasteiger partial charge in [0.05, 0.1) is 4.91 Å². The molecular formula is C25H35ClN4O2S. The maximum Gasteiger partial charge on any atom is 0.261 e. The van der Waals surface area contributed by atoms with Gasteiger partial charge in [-0.1, -0.05) is 36.6 Å². The van der Waals surface area contributed by atoms with Crippen LogP contribution < -0.4 is 5.32 Å². The third-order valence-electron chi connectivity index (χ3n) is 6.87. The summed E-state index contributed by atoms with van der Waals surface area (Å²) in [5, 5.41) is 4.09. The summed E-state index contributed by atoms with van der Waals surface area (Å²) in [5.74, 6) is -0.0746. The zero-order valence-corrected chi connectivity index (χ0v) is 21.0. The molecule has 6 nitrogen and oxygen atoms in total. The fourth-order valence-corrected chi connectivity index (χ4v) is 6.48. The number of piperazine rings is 1. The number of hydrogen-bond acceptors (Lipinski definition) is 5. The van der Waals surface area contributed by atoms with Gasteiger partial charge in [-0.2, -0.15) is 0 Å². The number of likely N-dealkylation sites (N-methyl/N-ethyl adjacent to an activating group) is 1. The summed E-state index contributed by atoms with van der Waals surface area (Å²) in [6.07, 6.45) is 7.25. The van der Waals surface area contributed by atoms with E-state index in [9.17, 15) is 9.59 Å². The number of benzene rings is 1. The lowest BCUT2D eigenvalue weighted by molar-refractivity contribution is -0.135.